The minimum absolute atomic E-state index is 0.192. The summed E-state index contributed by atoms with van der Waals surface area (Å²) in [6.07, 6.45) is 1.49. The first-order valence-corrected chi connectivity index (χ1v) is 11.0. The first kappa shape index (κ1) is 23.8. The lowest BCUT2D eigenvalue weighted by atomic mass is 10.1. The zero-order chi connectivity index (χ0) is 23.6. The Morgan fingerprint density at radius 2 is 1.61 bits per heavy atom. The summed E-state index contributed by atoms with van der Waals surface area (Å²) >= 11 is 0. The van der Waals surface area contributed by atoms with Crippen molar-refractivity contribution in [2.24, 2.45) is 0 Å². The van der Waals surface area contributed by atoms with Gasteiger partial charge in [0.05, 0.1) is 31.8 Å². The molecule has 1 aromatic heterocycles. The maximum atomic E-state index is 12.5. The highest BCUT2D eigenvalue weighted by Gasteiger charge is 2.11. The second kappa shape index (κ2) is 11.7. The average Bonchev–Trinajstić information content (AvgIpc) is 2.82. The van der Waals surface area contributed by atoms with Gasteiger partial charge < -0.3 is 19.5 Å². The number of amides is 1. The molecule has 8 heteroatoms. The molecule has 0 atom stereocenters. The maximum absolute atomic E-state index is 12.5. The van der Waals surface area contributed by atoms with Gasteiger partial charge in [0.25, 0.3) is 11.5 Å². The van der Waals surface area contributed by atoms with Crippen LogP contribution in [0.2, 0.25) is 0 Å². The van der Waals surface area contributed by atoms with E-state index >= 15 is 0 Å². The van der Waals surface area contributed by atoms with E-state index in [2.05, 4.69) is 10.3 Å². The van der Waals surface area contributed by atoms with Crippen LogP contribution in [0.5, 0.6) is 17.2 Å². The average molecular weight is 452 g/mol. The third kappa shape index (κ3) is 6.35. The van der Waals surface area contributed by atoms with Crippen molar-refractivity contribution >= 4 is 5.91 Å². The molecule has 0 saturated carbocycles. The summed E-state index contributed by atoms with van der Waals surface area (Å²) in [6.45, 7) is 7.83. The van der Waals surface area contributed by atoms with E-state index in [9.17, 15) is 9.59 Å². The van der Waals surface area contributed by atoms with Crippen molar-refractivity contribution in [1.29, 1.82) is 0 Å². The molecule has 0 aliphatic rings. The van der Waals surface area contributed by atoms with E-state index in [0.29, 0.717) is 49.1 Å². The van der Waals surface area contributed by atoms with Gasteiger partial charge in [0.15, 0.2) is 11.5 Å². The largest absolute Gasteiger partial charge is 0.494 e. The molecule has 0 bridgehead atoms. The molecular weight excluding hydrogens is 422 g/mol. The highest BCUT2D eigenvalue weighted by Crippen LogP contribution is 2.28. The Balaban J connectivity index is 1.60. The van der Waals surface area contributed by atoms with Crippen LogP contribution in [-0.4, -0.2) is 41.8 Å². The second-order valence-corrected chi connectivity index (χ2v) is 7.05. The molecular formula is C25H29N3O5. The minimum atomic E-state index is -0.258. The van der Waals surface area contributed by atoms with Gasteiger partial charge in [-0.3, -0.25) is 14.2 Å². The molecule has 0 radical (unpaired) electrons. The number of benzene rings is 2. The quantitative estimate of drug-likeness (QED) is 0.480. The molecule has 0 aliphatic heterocycles. The number of aromatic nitrogens is 2. The molecule has 0 unspecified atom stereocenters. The number of hydrogen-bond acceptors (Lipinski definition) is 6. The Hall–Kier alpha value is -3.81. The van der Waals surface area contributed by atoms with Crippen molar-refractivity contribution in [2.75, 3.05) is 26.4 Å². The maximum Gasteiger partial charge on any atom is 0.253 e. The van der Waals surface area contributed by atoms with Gasteiger partial charge in [-0.25, -0.2) is 4.98 Å². The summed E-state index contributed by atoms with van der Waals surface area (Å²) in [6, 6.07) is 14.0. The zero-order valence-electron chi connectivity index (χ0n) is 19.2. The van der Waals surface area contributed by atoms with Crippen LogP contribution < -0.4 is 25.1 Å². The lowest BCUT2D eigenvalue weighted by molar-refractivity contribution is 0.0951. The van der Waals surface area contributed by atoms with Gasteiger partial charge in [0, 0.05) is 30.3 Å². The predicted molar refractivity (Wildman–Crippen MR) is 126 cm³/mol. The fourth-order valence-electron chi connectivity index (χ4n) is 3.22. The van der Waals surface area contributed by atoms with Gasteiger partial charge in [-0.05, 0) is 63.2 Å². The zero-order valence-corrected chi connectivity index (χ0v) is 19.2. The monoisotopic (exact) mass is 451 g/mol. The van der Waals surface area contributed by atoms with Crippen LogP contribution >= 0.6 is 0 Å². The van der Waals surface area contributed by atoms with Crippen LogP contribution in [0.25, 0.3) is 11.3 Å². The Morgan fingerprint density at radius 3 is 2.27 bits per heavy atom. The van der Waals surface area contributed by atoms with Crippen LogP contribution in [-0.2, 0) is 6.54 Å². The Kier molecular flexibility index (Phi) is 8.46. The summed E-state index contributed by atoms with van der Waals surface area (Å²) in [7, 11) is 0. The van der Waals surface area contributed by atoms with Crippen LogP contribution in [0.4, 0.5) is 0 Å². The topological polar surface area (TPSA) is 91.7 Å². The van der Waals surface area contributed by atoms with E-state index in [4.69, 9.17) is 14.2 Å². The van der Waals surface area contributed by atoms with Gasteiger partial charge in [0.1, 0.15) is 5.75 Å². The normalized spacial score (nSPS) is 10.5. The van der Waals surface area contributed by atoms with E-state index in [1.165, 1.54) is 17.0 Å². The molecule has 2 aromatic carbocycles. The molecule has 0 fully saturated rings. The van der Waals surface area contributed by atoms with E-state index in [0.717, 1.165) is 11.3 Å². The second-order valence-electron chi connectivity index (χ2n) is 7.05. The van der Waals surface area contributed by atoms with Crippen LogP contribution in [0.1, 0.15) is 31.1 Å². The molecule has 0 saturated heterocycles. The molecule has 1 heterocycles. The third-order valence-electron chi connectivity index (χ3n) is 4.78. The first-order chi connectivity index (χ1) is 16.0. The van der Waals surface area contributed by atoms with Crippen molar-refractivity contribution in [1.82, 2.24) is 14.9 Å². The summed E-state index contributed by atoms with van der Waals surface area (Å²) < 4.78 is 18.0. The van der Waals surface area contributed by atoms with E-state index in [1.807, 2.05) is 45.0 Å². The fourth-order valence-corrected chi connectivity index (χ4v) is 3.22. The van der Waals surface area contributed by atoms with E-state index < -0.39 is 0 Å². The van der Waals surface area contributed by atoms with Crippen molar-refractivity contribution in [3.05, 3.63) is 70.8 Å². The lowest BCUT2D eigenvalue weighted by Crippen LogP contribution is -2.30. The summed E-state index contributed by atoms with van der Waals surface area (Å²) in [5.41, 5.74) is 1.68. The predicted octanol–water partition coefficient (Wildman–Crippen LogP) is 3.54. The van der Waals surface area contributed by atoms with Crippen molar-refractivity contribution in [3.63, 3.8) is 0 Å². The highest BCUT2D eigenvalue weighted by molar-refractivity contribution is 5.94. The smallest absolute Gasteiger partial charge is 0.253 e. The summed E-state index contributed by atoms with van der Waals surface area (Å²) in [4.78, 5) is 29.4. The van der Waals surface area contributed by atoms with Gasteiger partial charge in [-0.15, -0.1) is 0 Å². The molecule has 3 rings (SSSR count). The SMILES string of the molecule is CCOc1ccc(-c2cc(=O)n(CCNC(=O)c3ccc(OCC)c(OCC)c3)cn2)cc1. The molecule has 0 aliphatic carbocycles. The standard InChI is InChI=1S/C25H29N3O5/c1-4-31-20-10-7-18(8-11-20)21-16-24(29)28(17-27-21)14-13-26-25(30)19-9-12-22(32-5-2)23(15-19)33-6-3/h7-12,15-17H,4-6,13-14H2,1-3H3,(H,26,30). The summed E-state index contributed by atoms with van der Waals surface area (Å²) in [5.74, 6) is 1.63. The Bertz CT molecular complexity index is 1130. The molecule has 3 aromatic rings. The van der Waals surface area contributed by atoms with Gasteiger partial charge in [0.2, 0.25) is 0 Å². The van der Waals surface area contributed by atoms with Gasteiger partial charge in [-0.1, -0.05) is 0 Å². The molecule has 1 amide bonds. The van der Waals surface area contributed by atoms with Crippen LogP contribution in [0, 0.1) is 0 Å². The number of nitrogens with one attached hydrogen (secondary N) is 1. The number of rotatable bonds is 11. The lowest BCUT2D eigenvalue weighted by Gasteiger charge is -2.13. The van der Waals surface area contributed by atoms with Crippen molar-refractivity contribution in [2.45, 2.75) is 27.3 Å². The Labute approximate surface area is 193 Å². The van der Waals surface area contributed by atoms with Crippen LogP contribution in [0.3, 0.4) is 0 Å². The molecule has 0 spiro atoms. The number of carbonyl (C=O) groups excluding carboxylic acids is 1. The summed E-state index contributed by atoms with van der Waals surface area (Å²) in [5, 5.41) is 2.82. The minimum Gasteiger partial charge on any atom is -0.494 e. The highest BCUT2D eigenvalue weighted by atomic mass is 16.5. The molecule has 8 nitrogen and oxygen atoms in total. The van der Waals surface area contributed by atoms with Crippen molar-refractivity contribution < 1.29 is 19.0 Å². The molecule has 1 N–H and O–H groups in total. The third-order valence-corrected chi connectivity index (χ3v) is 4.78. The number of ether oxygens (including phenoxy) is 3. The molecule has 174 valence electrons. The Morgan fingerprint density at radius 1 is 0.909 bits per heavy atom. The number of hydrogen-bond donors (Lipinski definition) is 1. The van der Waals surface area contributed by atoms with Gasteiger partial charge in [-0.2, -0.15) is 0 Å². The first-order valence-electron chi connectivity index (χ1n) is 11.0. The molecule has 33 heavy (non-hydrogen) atoms. The van der Waals surface area contributed by atoms with Gasteiger partial charge >= 0.3 is 0 Å². The van der Waals surface area contributed by atoms with E-state index in [1.54, 1.807) is 18.2 Å². The van der Waals surface area contributed by atoms with Crippen molar-refractivity contribution in [3.8, 4) is 28.5 Å². The van der Waals surface area contributed by atoms with E-state index in [-0.39, 0.29) is 18.0 Å². The van der Waals surface area contributed by atoms with Crippen LogP contribution in [0.15, 0.2) is 59.7 Å². The fraction of sp³-hybridized carbons (Fsp3) is 0.320. The number of nitrogens with zero attached hydrogens (tertiary/aromatic N) is 2. The number of carbonyl (C=O) groups is 1.